The van der Waals surface area contributed by atoms with E-state index >= 15 is 0 Å². The first-order valence-corrected chi connectivity index (χ1v) is 12.8. The van der Waals surface area contributed by atoms with Crippen LogP contribution in [0, 0.1) is 17.2 Å². The van der Waals surface area contributed by atoms with Crippen molar-refractivity contribution in [2.45, 2.75) is 57.7 Å². The van der Waals surface area contributed by atoms with Gasteiger partial charge >= 0.3 is 0 Å². The number of rotatable bonds is 5. The van der Waals surface area contributed by atoms with E-state index in [0.29, 0.717) is 33.2 Å². The van der Waals surface area contributed by atoms with Crippen LogP contribution >= 0.6 is 23.2 Å². The molecule has 2 aliphatic rings. The molecule has 1 saturated heterocycles. The number of aliphatic hydroxyl groups is 1. The van der Waals surface area contributed by atoms with Gasteiger partial charge < -0.3 is 5.11 Å². The second-order valence-electron chi connectivity index (χ2n) is 9.60. The van der Waals surface area contributed by atoms with Gasteiger partial charge in [-0.15, -0.1) is 0 Å². The maximum atomic E-state index is 9.77. The summed E-state index contributed by atoms with van der Waals surface area (Å²) in [6.45, 7) is 5.52. The summed E-state index contributed by atoms with van der Waals surface area (Å²) < 4.78 is 1.73. The Kier molecular flexibility index (Phi) is 6.82. The van der Waals surface area contributed by atoms with Crippen molar-refractivity contribution in [3.05, 3.63) is 57.5 Å². The third-order valence-corrected chi connectivity index (χ3v) is 8.04. The van der Waals surface area contributed by atoms with Crippen molar-refractivity contribution in [3.8, 4) is 6.07 Å². The molecule has 0 amide bonds. The van der Waals surface area contributed by atoms with Gasteiger partial charge in [0.25, 0.3) is 0 Å². The Balaban J connectivity index is 1.49. The first-order chi connectivity index (χ1) is 16.9. The zero-order chi connectivity index (χ0) is 24.7. The van der Waals surface area contributed by atoms with Gasteiger partial charge in [-0.2, -0.15) is 10.4 Å². The first kappa shape index (κ1) is 24.2. The average Bonchev–Trinajstić information content (AvgIpc) is 3.47. The molecule has 0 saturated carbocycles. The van der Waals surface area contributed by atoms with Crippen molar-refractivity contribution >= 4 is 39.9 Å². The molecule has 0 bridgehead atoms. The van der Waals surface area contributed by atoms with Crippen LogP contribution in [0.1, 0.15) is 62.5 Å². The van der Waals surface area contributed by atoms with Crippen molar-refractivity contribution in [2.75, 3.05) is 13.2 Å². The van der Waals surface area contributed by atoms with Crippen molar-refractivity contribution < 1.29 is 5.11 Å². The van der Waals surface area contributed by atoms with Crippen LogP contribution in [0.3, 0.4) is 0 Å². The number of aliphatic hydroxyl groups excluding tert-OH is 1. The van der Waals surface area contributed by atoms with Crippen LogP contribution in [0.4, 0.5) is 0 Å². The van der Waals surface area contributed by atoms with Crippen LogP contribution in [-0.2, 0) is 0 Å². The lowest BCUT2D eigenvalue weighted by Crippen LogP contribution is -2.45. The lowest BCUT2D eigenvalue weighted by Gasteiger charge is -2.38. The first-order valence-electron chi connectivity index (χ1n) is 12.1. The topological polar surface area (TPSA) is 90.9 Å². The SMILES string of the molecule is CC(c1ccc(Cl)cc1Cl)n1nc(C#N)c2ncc(C3=CC[C@@H](N4CCC[C@H]4CO)[C@@H](C)C3)nc21. The van der Waals surface area contributed by atoms with Crippen molar-refractivity contribution in [1.82, 2.24) is 24.6 Å². The fourth-order valence-electron chi connectivity index (χ4n) is 5.60. The molecule has 1 fully saturated rings. The maximum Gasteiger partial charge on any atom is 0.190 e. The molecule has 3 aromatic rings. The Labute approximate surface area is 215 Å². The molecule has 182 valence electrons. The van der Waals surface area contributed by atoms with Gasteiger partial charge in [0.2, 0.25) is 0 Å². The molecule has 4 atom stereocenters. The summed E-state index contributed by atoms with van der Waals surface area (Å²) in [6.07, 6.45) is 8.04. The molecule has 1 aliphatic heterocycles. The molecule has 7 nitrogen and oxygen atoms in total. The number of nitriles is 1. The van der Waals surface area contributed by atoms with Crippen molar-refractivity contribution in [3.63, 3.8) is 0 Å². The van der Waals surface area contributed by atoms with Crippen LogP contribution in [0.25, 0.3) is 16.7 Å². The van der Waals surface area contributed by atoms with Gasteiger partial charge in [0.15, 0.2) is 11.3 Å². The lowest BCUT2D eigenvalue weighted by molar-refractivity contribution is 0.0910. The second kappa shape index (κ2) is 9.87. The Morgan fingerprint density at radius 2 is 2.14 bits per heavy atom. The molecule has 0 spiro atoms. The van der Waals surface area contributed by atoms with Crippen LogP contribution < -0.4 is 0 Å². The fourth-order valence-corrected chi connectivity index (χ4v) is 6.17. The number of hydrogen-bond donors (Lipinski definition) is 1. The van der Waals surface area contributed by atoms with Crippen LogP contribution in [0.5, 0.6) is 0 Å². The van der Waals surface area contributed by atoms with E-state index in [-0.39, 0.29) is 24.4 Å². The molecular formula is C26H28Cl2N6O. The van der Waals surface area contributed by atoms with E-state index in [1.807, 2.05) is 13.0 Å². The number of halogens is 2. The largest absolute Gasteiger partial charge is 0.395 e. The standard InChI is InChI=1S/C26H28Cl2N6O/c1-15-10-17(5-8-24(15)33-9-3-4-19(33)14-35)23-13-30-25-22(12-29)32-34(26(25)31-23)16(2)20-7-6-18(27)11-21(20)28/h5-7,11,13,15-16,19,24,35H,3-4,8-10,14H2,1-2H3/t15-,16?,19-,24+/m0/s1. The highest BCUT2D eigenvalue weighted by molar-refractivity contribution is 6.35. The molecule has 3 heterocycles. The molecule has 1 N–H and O–H groups in total. The lowest BCUT2D eigenvalue weighted by atomic mass is 9.83. The Bertz CT molecular complexity index is 1330. The normalized spacial score (nSPS) is 23.9. The van der Waals surface area contributed by atoms with Crippen LogP contribution in [0.2, 0.25) is 10.0 Å². The Morgan fingerprint density at radius 1 is 1.31 bits per heavy atom. The van der Waals surface area contributed by atoms with Gasteiger partial charge in [0, 0.05) is 22.1 Å². The Morgan fingerprint density at radius 3 is 2.86 bits per heavy atom. The van der Waals surface area contributed by atoms with Gasteiger partial charge in [-0.3, -0.25) is 4.90 Å². The van der Waals surface area contributed by atoms with E-state index in [1.54, 1.807) is 23.0 Å². The van der Waals surface area contributed by atoms with E-state index in [9.17, 15) is 10.4 Å². The summed E-state index contributed by atoms with van der Waals surface area (Å²) >= 11 is 12.5. The van der Waals surface area contributed by atoms with Crippen LogP contribution in [-0.4, -0.2) is 55.0 Å². The van der Waals surface area contributed by atoms with E-state index in [0.717, 1.165) is 49.1 Å². The molecule has 35 heavy (non-hydrogen) atoms. The minimum Gasteiger partial charge on any atom is -0.395 e. The number of likely N-dealkylation sites (tertiary alicyclic amines) is 1. The zero-order valence-electron chi connectivity index (χ0n) is 19.8. The minimum atomic E-state index is -0.261. The smallest absolute Gasteiger partial charge is 0.190 e. The molecule has 1 unspecified atom stereocenters. The quantitative estimate of drug-likeness (QED) is 0.503. The number of aromatic nitrogens is 4. The highest BCUT2D eigenvalue weighted by Gasteiger charge is 2.35. The molecule has 1 aliphatic carbocycles. The summed E-state index contributed by atoms with van der Waals surface area (Å²) in [4.78, 5) is 12.0. The number of fused-ring (bicyclic) bond motifs is 1. The average molecular weight is 511 g/mol. The predicted molar refractivity (Wildman–Crippen MR) is 137 cm³/mol. The zero-order valence-corrected chi connectivity index (χ0v) is 21.3. The van der Waals surface area contributed by atoms with E-state index in [2.05, 4.69) is 34.1 Å². The monoisotopic (exact) mass is 510 g/mol. The Hall–Kier alpha value is -2.50. The van der Waals surface area contributed by atoms with E-state index in [4.69, 9.17) is 28.2 Å². The summed E-state index contributed by atoms with van der Waals surface area (Å²) in [7, 11) is 0. The van der Waals surface area contributed by atoms with Gasteiger partial charge in [0.1, 0.15) is 11.6 Å². The van der Waals surface area contributed by atoms with E-state index in [1.165, 1.54) is 0 Å². The predicted octanol–water partition coefficient (Wildman–Crippen LogP) is 5.25. The fraction of sp³-hybridized carbons (Fsp3) is 0.462. The minimum absolute atomic E-state index is 0.225. The van der Waals surface area contributed by atoms with Crippen molar-refractivity contribution in [2.24, 2.45) is 5.92 Å². The summed E-state index contributed by atoms with van der Waals surface area (Å²) in [5, 5.41) is 25.0. The van der Waals surface area contributed by atoms with Crippen molar-refractivity contribution in [1.29, 1.82) is 5.26 Å². The van der Waals surface area contributed by atoms with Gasteiger partial charge in [-0.1, -0.05) is 42.3 Å². The third kappa shape index (κ3) is 4.45. The summed E-state index contributed by atoms with van der Waals surface area (Å²) in [6, 6.07) is 7.95. The molecule has 9 heteroatoms. The number of hydrogen-bond acceptors (Lipinski definition) is 6. The number of benzene rings is 1. The van der Waals surface area contributed by atoms with E-state index < -0.39 is 0 Å². The second-order valence-corrected chi connectivity index (χ2v) is 10.4. The molecule has 1 aromatic carbocycles. The number of nitrogens with zero attached hydrogens (tertiary/aromatic N) is 6. The van der Waals surface area contributed by atoms with Gasteiger partial charge in [-0.25, -0.2) is 14.6 Å². The van der Waals surface area contributed by atoms with Crippen LogP contribution in [0.15, 0.2) is 30.5 Å². The highest BCUT2D eigenvalue weighted by atomic mass is 35.5. The molecule has 0 radical (unpaired) electrons. The van der Waals surface area contributed by atoms with Gasteiger partial charge in [0.05, 0.1) is 24.5 Å². The third-order valence-electron chi connectivity index (χ3n) is 7.48. The molecular weight excluding hydrogens is 483 g/mol. The van der Waals surface area contributed by atoms with Gasteiger partial charge in [-0.05, 0) is 68.3 Å². The molecule has 5 rings (SSSR count). The maximum absolute atomic E-state index is 9.77. The highest BCUT2D eigenvalue weighted by Crippen LogP contribution is 2.36. The molecule has 2 aromatic heterocycles. The number of allylic oxidation sites excluding steroid dienone is 1. The summed E-state index contributed by atoms with van der Waals surface area (Å²) in [5.74, 6) is 0.436. The summed E-state index contributed by atoms with van der Waals surface area (Å²) in [5.41, 5.74) is 4.10.